The van der Waals surface area contributed by atoms with Gasteiger partial charge in [0.1, 0.15) is 11.8 Å². The van der Waals surface area contributed by atoms with E-state index in [2.05, 4.69) is 0 Å². The van der Waals surface area contributed by atoms with Crippen LogP contribution in [-0.2, 0) is 14.3 Å². The van der Waals surface area contributed by atoms with Crippen molar-refractivity contribution in [2.24, 2.45) is 0 Å². The highest BCUT2D eigenvalue weighted by atomic mass is 16.6. The van der Waals surface area contributed by atoms with E-state index in [1.807, 2.05) is 4.90 Å². The summed E-state index contributed by atoms with van der Waals surface area (Å²) >= 11 is 0. The predicted molar refractivity (Wildman–Crippen MR) is 74.9 cm³/mol. The van der Waals surface area contributed by atoms with Gasteiger partial charge in [-0.3, -0.25) is 19.8 Å². The number of nitro groups is 1. The van der Waals surface area contributed by atoms with Crippen LogP contribution in [0.4, 0.5) is 0 Å². The molecule has 0 spiro atoms. The van der Waals surface area contributed by atoms with Crippen molar-refractivity contribution < 1.29 is 19.2 Å². The van der Waals surface area contributed by atoms with E-state index in [-0.39, 0.29) is 17.7 Å². The lowest BCUT2D eigenvalue weighted by Gasteiger charge is -2.46. The first-order valence-corrected chi connectivity index (χ1v) is 6.97. The number of esters is 1. The summed E-state index contributed by atoms with van der Waals surface area (Å²) in [5, 5.41) is 10.8. The second-order valence-electron chi connectivity index (χ2n) is 5.20. The zero-order valence-corrected chi connectivity index (χ0v) is 12.3. The van der Waals surface area contributed by atoms with E-state index in [0.717, 1.165) is 12.8 Å². The van der Waals surface area contributed by atoms with Gasteiger partial charge in [0.25, 0.3) is 5.70 Å². The van der Waals surface area contributed by atoms with Crippen LogP contribution in [-0.4, -0.2) is 48.3 Å². The van der Waals surface area contributed by atoms with Crippen molar-refractivity contribution in [3.05, 3.63) is 34.0 Å². The minimum absolute atomic E-state index is 0.0503. The highest BCUT2D eigenvalue weighted by Crippen LogP contribution is 2.34. The van der Waals surface area contributed by atoms with Crippen LogP contribution in [0, 0.1) is 10.1 Å². The van der Waals surface area contributed by atoms with Crippen molar-refractivity contribution in [1.82, 2.24) is 4.90 Å². The van der Waals surface area contributed by atoms with Gasteiger partial charge in [0.05, 0.1) is 12.0 Å². The third-order valence-corrected chi connectivity index (χ3v) is 4.14. The van der Waals surface area contributed by atoms with Crippen molar-refractivity contribution in [2.75, 3.05) is 20.8 Å². The third-order valence-electron chi connectivity index (χ3n) is 4.14. The number of piperidine rings is 1. The van der Waals surface area contributed by atoms with E-state index in [9.17, 15) is 14.9 Å². The molecule has 7 heteroatoms. The minimum Gasteiger partial charge on any atom is -0.468 e. The Labute approximate surface area is 123 Å². The van der Waals surface area contributed by atoms with Crippen molar-refractivity contribution in [3.8, 4) is 0 Å². The SMILES string of the molecule is COC(=O)C1CCCCN1C1(OC)C=CC([N+](=O)[O-])=CC1. The van der Waals surface area contributed by atoms with E-state index in [1.54, 1.807) is 13.2 Å². The normalized spacial score (nSPS) is 29.8. The van der Waals surface area contributed by atoms with E-state index in [1.165, 1.54) is 19.3 Å². The summed E-state index contributed by atoms with van der Waals surface area (Å²) in [4.78, 5) is 24.3. The zero-order chi connectivity index (χ0) is 15.5. The molecule has 0 bridgehead atoms. The molecule has 0 aromatic rings. The highest BCUT2D eigenvalue weighted by molar-refractivity contribution is 5.76. The summed E-state index contributed by atoms with van der Waals surface area (Å²) in [5.41, 5.74) is -0.770. The van der Waals surface area contributed by atoms with Gasteiger partial charge < -0.3 is 9.47 Å². The summed E-state index contributed by atoms with van der Waals surface area (Å²) in [6.45, 7) is 0.694. The lowest BCUT2D eigenvalue weighted by atomic mass is 9.93. The molecule has 0 amide bonds. The fourth-order valence-corrected chi connectivity index (χ4v) is 2.99. The van der Waals surface area contributed by atoms with Gasteiger partial charge in [-0.25, -0.2) is 0 Å². The molecule has 116 valence electrons. The molecule has 1 heterocycles. The quantitative estimate of drug-likeness (QED) is 0.444. The Bertz CT molecular complexity index is 488. The van der Waals surface area contributed by atoms with Gasteiger partial charge in [-0.2, -0.15) is 0 Å². The molecule has 1 aliphatic carbocycles. The van der Waals surface area contributed by atoms with Crippen molar-refractivity contribution in [1.29, 1.82) is 0 Å². The van der Waals surface area contributed by atoms with E-state index in [4.69, 9.17) is 9.47 Å². The zero-order valence-electron chi connectivity index (χ0n) is 12.3. The summed E-state index contributed by atoms with van der Waals surface area (Å²) in [7, 11) is 2.92. The summed E-state index contributed by atoms with van der Waals surface area (Å²) in [5.74, 6) is -0.288. The molecule has 7 nitrogen and oxygen atoms in total. The molecular weight excluding hydrogens is 276 g/mol. The van der Waals surface area contributed by atoms with Crippen LogP contribution < -0.4 is 0 Å². The number of likely N-dealkylation sites (tertiary alicyclic amines) is 1. The molecule has 1 fully saturated rings. The minimum atomic E-state index is -0.821. The number of hydrogen-bond acceptors (Lipinski definition) is 6. The molecule has 2 unspecified atom stereocenters. The molecule has 0 aromatic heterocycles. The maximum atomic E-state index is 12.0. The van der Waals surface area contributed by atoms with Crippen LogP contribution in [0.15, 0.2) is 23.9 Å². The monoisotopic (exact) mass is 296 g/mol. The lowest BCUT2D eigenvalue weighted by molar-refractivity contribution is -0.420. The smallest absolute Gasteiger partial charge is 0.323 e. The van der Waals surface area contributed by atoms with Gasteiger partial charge in [-0.15, -0.1) is 0 Å². The number of carbonyl (C=O) groups excluding carboxylic acids is 1. The molecule has 0 radical (unpaired) electrons. The topological polar surface area (TPSA) is 81.9 Å². The third kappa shape index (κ3) is 2.98. The largest absolute Gasteiger partial charge is 0.468 e. The van der Waals surface area contributed by atoms with Gasteiger partial charge in [0.2, 0.25) is 0 Å². The summed E-state index contributed by atoms with van der Waals surface area (Å²) < 4.78 is 10.5. The molecule has 0 saturated carbocycles. The summed E-state index contributed by atoms with van der Waals surface area (Å²) in [6.07, 6.45) is 7.60. The van der Waals surface area contributed by atoms with Crippen LogP contribution in [0.1, 0.15) is 25.7 Å². The molecule has 0 aromatic carbocycles. The molecule has 1 saturated heterocycles. The van der Waals surface area contributed by atoms with Crippen molar-refractivity contribution >= 4 is 5.97 Å². The first-order valence-electron chi connectivity index (χ1n) is 6.97. The first kappa shape index (κ1) is 15.7. The van der Waals surface area contributed by atoms with Gasteiger partial charge in [-0.05, 0) is 25.0 Å². The van der Waals surface area contributed by atoms with Crippen LogP contribution in [0.2, 0.25) is 0 Å². The van der Waals surface area contributed by atoms with E-state index < -0.39 is 10.6 Å². The number of allylic oxidation sites excluding steroid dienone is 1. The van der Waals surface area contributed by atoms with E-state index >= 15 is 0 Å². The fraction of sp³-hybridized carbons (Fsp3) is 0.643. The molecule has 1 aliphatic heterocycles. The molecule has 21 heavy (non-hydrogen) atoms. The van der Waals surface area contributed by atoms with Crippen molar-refractivity contribution in [2.45, 2.75) is 37.5 Å². The molecule has 2 aliphatic rings. The maximum Gasteiger partial charge on any atom is 0.323 e. The standard InChI is InChI=1S/C14H20N2O5/c1-20-13(17)12-5-3-4-10-15(12)14(21-2)8-6-11(7-9-14)16(18)19/h6-8,12H,3-5,9-10H2,1-2H3. The van der Waals surface area contributed by atoms with Crippen LogP contribution in [0.3, 0.4) is 0 Å². The number of ether oxygens (including phenoxy) is 2. The average molecular weight is 296 g/mol. The number of hydrogen-bond donors (Lipinski definition) is 0. The van der Waals surface area contributed by atoms with Crippen LogP contribution in [0.5, 0.6) is 0 Å². The number of carbonyl (C=O) groups is 1. The van der Waals surface area contributed by atoms with Gasteiger partial charge in [0.15, 0.2) is 0 Å². The maximum absolute atomic E-state index is 12.0. The number of nitrogens with zero attached hydrogens (tertiary/aromatic N) is 2. The van der Waals surface area contributed by atoms with Gasteiger partial charge >= 0.3 is 5.97 Å². The second kappa shape index (κ2) is 6.36. The Morgan fingerprint density at radius 1 is 1.48 bits per heavy atom. The molecule has 2 rings (SSSR count). The van der Waals surface area contributed by atoms with E-state index in [0.29, 0.717) is 19.4 Å². The molecule has 0 N–H and O–H groups in total. The highest BCUT2D eigenvalue weighted by Gasteiger charge is 2.44. The average Bonchev–Trinajstić information content (AvgIpc) is 2.54. The van der Waals surface area contributed by atoms with Crippen LogP contribution in [0.25, 0.3) is 0 Å². The molecule has 2 atom stereocenters. The molecular formula is C14H20N2O5. The van der Waals surface area contributed by atoms with Crippen molar-refractivity contribution in [3.63, 3.8) is 0 Å². The van der Waals surface area contributed by atoms with Crippen LogP contribution >= 0.6 is 0 Å². The Kier molecular flexibility index (Phi) is 4.74. The number of rotatable bonds is 4. The number of methoxy groups -OCH3 is 2. The first-order chi connectivity index (χ1) is 10.0. The Morgan fingerprint density at radius 3 is 2.76 bits per heavy atom. The Hall–Kier alpha value is -1.73. The Morgan fingerprint density at radius 2 is 2.24 bits per heavy atom. The second-order valence-corrected chi connectivity index (χ2v) is 5.20. The van der Waals surface area contributed by atoms with Gasteiger partial charge in [0, 0.05) is 26.2 Å². The predicted octanol–water partition coefficient (Wildman–Crippen LogP) is 1.48. The lowest BCUT2D eigenvalue weighted by Crippen LogP contribution is -2.58. The summed E-state index contributed by atoms with van der Waals surface area (Å²) in [6, 6.07) is -0.376. The Balaban J connectivity index is 2.26. The fourth-order valence-electron chi connectivity index (χ4n) is 2.99. The van der Waals surface area contributed by atoms with Gasteiger partial charge in [-0.1, -0.05) is 6.42 Å².